The first-order valence-electron chi connectivity index (χ1n) is 6.44. The SMILES string of the molecule is CCc1ccc(OC)c(CCNCC(N)CO)c1. The van der Waals surface area contributed by atoms with Gasteiger partial charge in [-0.2, -0.15) is 0 Å². The van der Waals surface area contributed by atoms with Crippen LogP contribution in [0.15, 0.2) is 18.2 Å². The van der Waals surface area contributed by atoms with E-state index in [0.717, 1.165) is 25.1 Å². The average Bonchev–Trinajstić information content (AvgIpc) is 2.42. The third kappa shape index (κ3) is 4.64. The summed E-state index contributed by atoms with van der Waals surface area (Å²) in [5.74, 6) is 0.931. The molecule has 1 aromatic rings. The molecule has 0 radical (unpaired) electrons. The molecule has 1 atom stereocenters. The first-order valence-corrected chi connectivity index (χ1v) is 6.44. The van der Waals surface area contributed by atoms with E-state index in [-0.39, 0.29) is 12.6 Å². The normalized spacial score (nSPS) is 12.4. The van der Waals surface area contributed by atoms with Crippen LogP contribution >= 0.6 is 0 Å². The molecule has 0 aromatic heterocycles. The Kier molecular flexibility index (Phi) is 6.72. The number of methoxy groups -OCH3 is 1. The number of nitrogens with one attached hydrogen (secondary N) is 1. The summed E-state index contributed by atoms with van der Waals surface area (Å²) >= 11 is 0. The van der Waals surface area contributed by atoms with Gasteiger partial charge in [0.05, 0.1) is 13.7 Å². The number of benzene rings is 1. The van der Waals surface area contributed by atoms with E-state index in [4.69, 9.17) is 15.6 Å². The van der Waals surface area contributed by atoms with Crippen molar-refractivity contribution < 1.29 is 9.84 Å². The monoisotopic (exact) mass is 252 g/mol. The molecular weight excluding hydrogens is 228 g/mol. The highest BCUT2D eigenvalue weighted by Gasteiger charge is 2.04. The van der Waals surface area contributed by atoms with Gasteiger partial charge >= 0.3 is 0 Å². The Hall–Kier alpha value is -1.10. The Balaban J connectivity index is 2.49. The van der Waals surface area contributed by atoms with Gasteiger partial charge in [0, 0.05) is 12.6 Å². The zero-order valence-electron chi connectivity index (χ0n) is 11.3. The van der Waals surface area contributed by atoms with Crippen molar-refractivity contribution in [1.82, 2.24) is 5.32 Å². The number of hydrogen-bond acceptors (Lipinski definition) is 4. The first kappa shape index (κ1) is 15.0. The number of rotatable bonds is 8. The van der Waals surface area contributed by atoms with Gasteiger partial charge in [-0.3, -0.25) is 0 Å². The summed E-state index contributed by atoms with van der Waals surface area (Å²) in [6.07, 6.45) is 1.93. The fourth-order valence-electron chi connectivity index (χ4n) is 1.82. The Bertz CT molecular complexity index is 356. The Labute approximate surface area is 109 Å². The van der Waals surface area contributed by atoms with E-state index >= 15 is 0 Å². The molecule has 0 aliphatic rings. The molecule has 1 aromatic carbocycles. The number of hydrogen-bond donors (Lipinski definition) is 3. The fourth-order valence-corrected chi connectivity index (χ4v) is 1.82. The van der Waals surface area contributed by atoms with Crippen molar-refractivity contribution in [3.05, 3.63) is 29.3 Å². The average molecular weight is 252 g/mol. The molecule has 0 aliphatic carbocycles. The highest BCUT2D eigenvalue weighted by atomic mass is 16.5. The van der Waals surface area contributed by atoms with E-state index in [9.17, 15) is 0 Å². The van der Waals surface area contributed by atoms with Gasteiger partial charge in [-0.05, 0) is 36.6 Å². The molecule has 102 valence electrons. The molecule has 18 heavy (non-hydrogen) atoms. The Morgan fingerprint density at radius 3 is 2.83 bits per heavy atom. The van der Waals surface area contributed by atoms with E-state index in [1.807, 2.05) is 6.07 Å². The molecule has 4 nitrogen and oxygen atoms in total. The maximum absolute atomic E-state index is 8.82. The lowest BCUT2D eigenvalue weighted by Gasteiger charge is -2.12. The molecule has 4 N–H and O–H groups in total. The lowest BCUT2D eigenvalue weighted by molar-refractivity contribution is 0.262. The van der Waals surface area contributed by atoms with E-state index in [1.54, 1.807) is 7.11 Å². The van der Waals surface area contributed by atoms with E-state index < -0.39 is 0 Å². The highest BCUT2D eigenvalue weighted by Crippen LogP contribution is 2.20. The molecule has 1 rings (SSSR count). The first-order chi connectivity index (χ1) is 8.71. The maximum Gasteiger partial charge on any atom is 0.122 e. The number of nitrogens with two attached hydrogens (primary N) is 1. The van der Waals surface area contributed by atoms with Gasteiger partial charge in [-0.1, -0.05) is 19.1 Å². The molecule has 0 aliphatic heterocycles. The van der Waals surface area contributed by atoms with Gasteiger partial charge in [-0.15, -0.1) is 0 Å². The molecule has 0 heterocycles. The lowest BCUT2D eigenvalue weighted by atomic mass is 10.1. The van der Waals surface area contributed by atoms with Crippen molar-refractivity contribution in [2.45, 2.75) is 25.8 Å². The minimum atomic E-state index is -0.186. The van der Waals surface area contributed by atoms with Gasteiger partial charge in [0.2, 0.25) is 0 Å². The minimum absolute atomic E-state index is 0.0155. The highest BCUT2D eigenvalue weighted by molar-refractivity contribution is 5.37. The van der Waals surface area contributed by atoms with Crippen LogP contribution in [-0.4, -0.2) is 38.0 Å². The fraction of sp³-hybridized carbons (Fsp3) is 0.571. The summed E-state index contributed by atoms with van der Waals surface area (Å²) in [5, 5.41) is 12.0. The van der Waals surface area contributed by atoms with Crippen LogP contribution in [0.1, 0.15) is 18.1 Å². The standard InChI is InChI=1S/C14H24N2O2/c1-3-11-4-5-14(18-2)12(8-11)6-7-16-9-13(15)10-17/h4-5,8,13,16-17H,3,6-7,9-10,15H2,1-2H3. The molecule has 0 bridgehead atoms. The summed E-state index contributed by atoms with van der Waals surface area (Å²) in [4.78, 5) is 0. The van der Waals surface area contributed by atoms with E-state index in [0.29, 0.717) is 6.54 Å². The van der Waals surface area contributed by atoms with Crippen molar-refractivity contribution in [3.63, 3.8) is 0 Å². The number of aliphatic hydroxyl groups excluding tert-OH is 1. The van der Waals surface area contributed by atoms with Gasteiger partial charge in [0.25, 0.3) is 0 Å². The lowest BCUT2D eigenvalue weighted by Crippen LogP contribution is -2.37. The summed E-state index contributed by atoms with van der Waals surface area (Å²) < 4.78 is 5.35. The quantitative estimate of drug-likeness (QED) is 0.596. The van der Waals surface area contributed by atoms with Crippen molar-refractivity contribution >= 4 is 0 Å². The topological polar surface area (TPSA) is 67.5 Å². The van der Waals surface area contributed by atoms with Crippen LogP contribution in [0.3, 0.4) is 0 Å². The van der Waals surface area contributed by atoms with Crippen LogP contribution < -0.4 is 15.8 Å². The van der Waals surface area contributed by atoms with Crippen molar-refractivity contribution in [2.24, 2.45) is 5.73 Å². The smallest absolute Gasteiger partial charge is 0.122 e. The minimum Gasteiger partial charge on any atom is -0.496 e. The summed E-state index contributed by atoms with van der Waals surface area (Å²) in [7, 11) is 1.69. The zero-order chi connectivity index (χ0) is 13.4. The van der Waals surface area contributed by atoms with Crippen LogP contribution in [0.5, 0.6) is 5.75 Å². The van der Waals surface area contributed by atoms with Gasteiger partial charge in [-0.25, -0.2) is 0 Å². The predicted octanol–water partition coefficient (Wildman–Crippen LogP) is 0.709. The van der Waals surface area contributed by atoms with Crippen LogP contribution in [0, 0.1) is 0 Å². The third-order valence-corrected chi connectivity index (χ3v) is 2.97. The summed E-state index contributed by atoms with van der Waals surface area (Å²) in [6, 6.07) is 6.12. The maximum atomic E-state index is 8.82. The second-order valence-corrected chi connectivity index (χ2v) is 4.40. The molecule has 0 amide bonds. The molecule has 4 heteroatoms. The third-order valence-electron chi connectivity index (χ3n) is 2.97. The van der Waals surface area contributed by atoms with Crippen LogP contribution in [0.4, 0.5) is 0 Å². The second-order valence-electron chi connectivity index (χ2n) is 4.40. The molecule has 1 unspecified atom stereocenters. The van der Waals surface area contributed by atoms with E-state index in [1.165, 1.54) is 11.1 Å². The summed E-state index contributed by atoms with van der Waals surface area (Å²) in [5.41, 5.74) is 8.14. The number of aliphatic hydroxyl groups is 1. The van der Waals surface area contributed by atoms with Gasteiger partial charge in [0.1, 0.15) is 5.75 Å². The zero-order valence-corrected chi connectivity index (χ0v) is 11.3. The number of ether oxygens (including phenoxy) is 1. The van der Waals surface area contributed by atoms with E-state index in [2.05, 4.69) is 24.4 Å². The molecule has 0 spiro atoms. The summed E-state index contributed by atoms with van der Waals surface area (Å²) in [6.45, 7) is 3.62. The van der Waals surface area contributed by atoms with Gasteiger partial charge in [0.15, 0.2) is 0 Å². The van der Waals surface area contributed by atoms with Crippen LogP contribution in [0.2, 0.25) is 0 Å². The predicted molar refractivity (Wildman–Crippen MR) is 74.0 cm³/mol. The van der Waals surface area contributed by atoms with Crippen molar-refractivity contribution in [2.75, 3.05) is 26.8 Å². The van der Waals surface area contributed by atoms with Gasteiger partial charge < -0.3 is 20.9 Å². The number of aryl methyl sites for hydroxylation is 1. The van der Waals surface area contributed by atoms with Crippen LogP contribution in [-0.2, 0) is 12.8 Å². The molecular formula is C14H24N2O2. The van der Waals surface area contributed by atoms with Crippen LogP contribution in [0.25, 0.3) is 0 Å². The molecule has 0 fully saturated rings. The Morgan fingerprint density at radius 2 is 2.22 bits per heavy atom. The second kappa shape index (κ2) is 8.08. The van der Waals surface area contributed by atoms with Crippen molar-refractivity contribution in [3.8, 4) is 5.75 Å². The Morgan fingerprint density at radius 1 is 1.44 bits per heavy atom. The largest absolute Gasteiger partial charge is 0.496 e. The molecule has 0 saturated carbocycles. The molecule has 0 saturated heterocycles. The van der Waals surface area contributed by atoms with Crippen molar-refractivity contribution in [1.29, 1.82) is 0 Å².